The Bertz CT molecular complexity index is 582. The van der Waals surface area contributed by atoms with Gasteiger partial charge in [0.1, 0.15) is 0 Å². The molecule has 1 unspecified atom stereocenters. The van der Waals surface area contributed by atoms with Gasteiger partial charge in [-0.05, 0) is 13.3 Å². The number of nitrogens with zero attached hydrogens (tertiary/aromatic N) is 4. The van der Waals surface area contributed by atoms with Gasteiger partial charge in [0.05, 0.1) is 23.9 Å². The van der Waals surface area contributed by atoms with Gasteiger partial charge in [-0.15, -0.1) is 11.3 Å². The zero-order chi connectivity index (χ0) is 18.4. The van der Waals surface area contributed by atoms with Crippen molar-refractivity contribution in [3.05, 3.63) is 16.1 Å². The van der Waals surface area contributed by atoms with Crippen LogP contribution in [0.1, 0.15) is 43.8 Å². The van der Waals surface area contributed by atoms with Gasteiger partial charge in [0.25, 0.3) is 0 Å². The third-order valence-electron chi connectivity index (χ3n) is 5.05. The van der Waals surface area contributed by atoms with Crippen molar-refractivity contribution in [2.24, 2.45) is 4.99 Å². The minimum Gasteiger partial charge on any atom is -0.379 e. The lowest BCUT2D eigenvalue weighted by Crippen LogP contribution is -2.46. The molecular weight excluding hydrogens is 346 g/mol. The van der Waals surface area contributed by atoms with E-state index in [2.05, 4.69) is 41.3 Å². The van der Waals surface area contributed by atoms with Crippen LogP contribution in [0.15, 0.2) is 10.4 Å². The van der Waals surface area contributed by atoms with Crippen molar-refractivity contribution in [2.45, 2.75) is 45.6 Å². The third kappa shape index (κ3) is 5.18. The molecule has 0 radical (unpaired) electrons. The highest BCUT2D eigenvalue weighted by molar-refractivity contribution is 7.09. The first-order chi connectivity index (χ1) is 12.7. The molecule has 2 aliphatic heterocycles. The second-order valence-electron chi connectivity index (χ2n) is 7.35. The summed E-state index contributed by atoms with van der Waals surface area (Å²) in [6.45, 7) is 14.3. The molecule has 1 aromatic rings. The normalized spacial score (nSPS) is 22.4. The number of nitrogens with one attached hydrogen (secondary N) is 1. The second-order valence-corrected chi connectivity index (χ2v) is 8.24. The summed E-state index contributed by atoms with van der Waals surface area (Å²) < 4.78 is 5.49. The number of aromatic nitrogens is 1. The highest BCUT2D eigenvalue weighted by Gasteiger charge is 2.30. The molecule has 2 fully saturated rings. The maximum Gasteiger partial charge on any atom is 0.193 e. The van der Waals surface area contributed by atoms with Crippen molar-refractivity contribution in [3.8, 4) is 0 Å². The lowest BCUT2D eigenvalue weighted by molar-refractivity contribution is 0.0195. The fourth-order valence-electron chi connectivity index (χ4n) is 3.58. The van der Waals surface area contributed by atoms with Crippen LogP contribution in [0.2, 0.25) is 0 Å². The second kappa shape index (κ2) is 9.67. The average molecular weight is 380 g/mol. The molecule has 1 aromatic heterocycles. The first kappa shape index (κ1) is 19.6. The minimum absolute atomic E-state index is 0.510. The fraction of sp³-hybridized carbons (Fsp3) is 0.789. The van der Waals surface area contributed by atoms with E-state index in [0.29, 0.717) is 12.0 Å². The lowest BCUT2D eigenvalue weighted by atomic mass is 10.2. The molecule has 0 aromatic carbocycles. The lowest BCUT2D eigenvalue weighted by Gasteiger charge is -2.32. The van der Waals surface area contributed by atoms with E-state index in [1.165, 1.54) is 17.1 Å². The Kier molecular flexibility index (Phi) is 7.28. The topological polar surface area (TPSA) is 53.0 Å². The van der Waals surface area contributed by atoms with Gasteiger partial charge in [-0.1, -0.05) is 13.8 Å². The molecule has 2 saturated heterocycles. The molecule has 3 heterocycles. The van der Waals surface area contributed by atoms with Crippen LogP contribution in [0.25, 0.3) is 0 Å². The number of morpholine rings is 1. The first-order valence-corrected chi connectivity index (χ1v) is 10.8. The monoisotopic (exact) mass is 379 g/mol. The molecule has 0 saturated carbocycles. The standard InChI is InChI=1S/C19H33N5OS/c1-4-20-19(21-7-5-16-14-26-18(22-16)15(2)3)24-8-6-17(13-24)23-9-11-25-12-10-23/h14-15,17H,4-13H2,1-3H3,(H,20,21). The van der Waals surface area contributed by atoms with Crippen LogP contribution in [-0.2, 0) is 11.2 Å². The summed E-state index contributed by atoms with van der Waals surface area (Å²) in [5.41, 5.74) is 1.17. The molecule has 0 bridgehead atoms. The van der Waals surface area contributed by atoms with Gasteiger partial charge in [-0.2, -0.15) is 0 Å². The van der Waals surface area contributed by atoms with E-state index >= 15 is 0 Å². The molecule has 0 aliphatic carbocycles. The highest BCUT2D eigenvalue weighted by Crippen LogP contribution is 2.20. The Morgan fingerprint density at radius 2 is 2.19 bits per heavy atom. The summed E-state index contributed by atoms with van der Waals surface area (Å²) in [5.74, 6) is 1.57. The van der Waals surface area contributed by atoms with Crippen LogP contribution < -0.4 is 5.32 Å². The summed E-state index contributed by atoms with van der Waals surface area (Å²) in [6, 6.07) is 0.634. The Morgan fingerprint density at radius 1 is 1.38 bits per heavy atom. The van der Waals surface area contributed by atoms with E-state index in [1.807, 2.05) is 0 Å². The quantitative estimate of drug-likeness (QED) is 0.606. The van der Waals surface area contributed by atoms with Crippen molar-refractivity contribution in [2.75, 3.05) is 52.5 Å². The molecule has 3 rings (SSSR count). The zero-order valence-corrected chi connectivity index (χ0v) is 17.2. The van der Waals surface area contributed by atoms with E-state index < -0.39 is 0 Å². The zero-order valence-electron chi connectivity index (χ0n) is 16.4. The number of aliphatic imine (C=N–C) groups is 1. The van der Waals surface area contributed by atoms with Crippen molar-refractivity contribution in [3.63, 3.8) is 0 Å². The van der Waals surface area contributed by atoms with Gasteiger partial charge in [0.15, 0.2) is 5.96 Å². The molecule has 26 heavy (non-hydrogen) atoms. The number of rotatable bonds is 6. The number of hydrogen-bond donors (Lipinski definition) is 1. The third-order valence-corrected chi connectivity index (χ3v) is 6.25. The van der Waals surface area contributed by atoms with E-state index in [9.17, 15) is 0 Å². The van der Waals surface area contributed by atoms with E-state index in [1.54, 1.807) is 11.3 Å². The predicted octanol–water partition coefficient (Wildman–Crippen LogP) is 2.18. The number of guanidine groups is 1. The van der Waals surface area contributed by atoms with Crippen LogP contribution in [0, 0.1) is 0 Å². The molecule has 146 valence electrons. The summed E-state index contributed by atoms with van der Waals surface area (Å²) in [4.78, 5) is 14.6. The Morgan fingerprint density at radius 3 is 2.88 bits per heavy atom. The summed E-state index contributed by atoms with van der Waals surface area (Å²) >= 11 is 1.77. The molecule has 1 N–H and O–H groups in total. The van der Waals surface area contributed by atoms with Gasteiger partial charge in [0, 0.05) is 63.0 Å². The van der Waals surface area contributed by atoms with Crippen LogP contribution in [0.4, 0.5) is 0 Å². The average Bonchev–Trinajstić information content (AvgIpc) is 3.32. The molecule has 0 amide bonds. The molecular formula is C19H33N5OS. The van der Waals surface area contributed by atoms with E-state index in [-0.39, 0.29) is 0 Å². The van der Waals surface area contributed by atoms with Crippen molar-refractivity contribution in [1.29, 1.82) is 0 Å². The molecule has 0 spiro atoms. The summed E-state index contributed by atoms with van der Waals surface area (Å²) in [6.07, 6.45) is 2.13. The first-order valence-electron chi connectivity index (χ1n) is 9.96. The van der Waals surface area contributed by atoms with E-state index in [4.69, 9.17) is 14.7 Å². The molecule has 6 nitrogen and oxygen atoms in total. The largest absolute Gasteiger partial charge is 0.379 e. The maximum atomic E-state index is 5.49. The van der Waals surface area contributed by atoms with Gasteiger partial charge in [-0.3, -0.25) is 9.89 Å². The minimum atomic E-state index is 0.510. The van der Waals surface area contributed by atoms with Gasteiger partial charge in [0.2, 0.25) is 0 Å². The summed E-state index contributed by atoms with van der Waals surface area (Å²) in [7, 11) is 0. The van der Waals surface area contributed by atoms with Crippen molar-refractivity contribution >= 4 is 17.3 Å². The van der Waals surface area contributed by atoms with Gasteiger partial charge < -0.3 is 15.0 Å². The van der Waals surface area contributed by atoms with Crippen LogP contribution in [0.3, 0.4) is 0 Å². The fourth-order valence-corrected chi connectivity index (χ4v) is 4.45. The SMILES string of the molecule is CCNC(=NCCc1csc(C(C)C)n1)N1CCC(N2CCOCC2)C1. The van der Waals surface area contributed by atoms with Crippen molar-refractivity contribution < 1.29 is 4.74 Å². The van der Waals surface area contributed by atoms with E-state index in [0.717, 1.165) is 64.9 Å². The Balaban J connectivity index is 1.53. The number of ether oxygens (including phenoxy) is 1. The Labute approximate surface area is 161 Å². The molecule has 1 atom stereocenters. The number of likely N-dealkylation sites (tertiary alicyclic amines) is 1. The summed E-state index contributed by atoms with van der Waals surface area (Å²) in [5, 5.41) is 6.88. The Hall–Kier alpha value is -1.18. The maximum absolute atomic E-state index is 5.49. The smallest absolute Gasteiger partial charge is 0.193 e. The number of hydrogen-bond acceptors (Lipinski definition) is 5. The predicted molar refractivity (Wildman–Crippen MR) is 108 cm³/mol. The van der Waals surface area contributed by atoms with Gasteiger partial charge in [-0.25, -0.2) is 4.98 Å². The van der Waals surface area contributed by atoms with Crippen LogP contribution in [-0.4, -0.2) is 79.3 Å². The van der Waals surface area contributed by atoms with Crippen LogP contribution >= 0.6 is 11.3 Å². The van der Waals surface area contributed by atoms with Crippen molar-refractivity contribution in [1.82, 2.24) is 20.1 Å². The van der Waals surface area contributed by atoms with Gasteiger partial charge >= 0.3 is 0 Å². The highest BCUT2D eigenvalue weighted by atomic mass is 32.1. The van der Waals surface area contributed by atoms with Crippen LogP contribution in [0.5, 0.6) is 0 Å². The number of thiazole rings is 1. The molecule has 2 aliphatic rings. The molecule has 7 heteroatoms.